The van der Waals surface area contributed by atoms with E-state index in [-0.39, 0.29) is 18.1 Å². The van der Waals surface area contributed by atoms with Crippen molar-refractivity contribution < 1.29 is 9.18 Å². The third-order valence-electron chi connectivity index (χ3n) is 3.49. The predicted molar refractivity (Wildman–Crippen MR) is 78.2 cm³/mol. The molecule has 1 aromatic rings. The first kappa shape index (κ1) is 14.9. The molecule has 0 unspecified atom stereocenters. The Kier molecular flexibility index (Phi) is 5.95. The van der Waals surface area contributed by atoms with E-state index in [9.17, 15) is 9.18 Å². The maximum absolute atomic E-state index is 13.3. The van der Waals surface area contributed by atoms with E-state index in [1.165, 1.54) is 25.3 Å². The van der Waals surface area contributed by atoms with Gasteiger partial charge in [-0.05, 0) is 38.1 Å². The van der Waals surface area contributed by atoms with Gasteiger partial charge in [0.05, 0.1) is 12.2 Å². The van der Waals surface area contributed by atoms with Crippen LogP contribution in [0.15, 0.2) is 24.3 Å². The quantitative estimate of drug-likeness (QED) is 0.781. The van der Waals surface area contributed by atoms with Gasteiger partial charge in [0.15, 0.2) is 0 Å². The fraction of sp³-hybridized carbons (Fsp3) is 0.533. The molecule has 1 fully saturated rings. The number of carbonyl (C=O) groups is 1. The van der Waals surface area contributed by atoms with Gasteiger partial charge in [-0.25, -0.2) is 4.39 Å². The lowest BCUT2D eigenvalue weighted by molar-refractivity contribution is -0.115. The lowest BCUT2D eigenvalue weighted by atomic mass is 10.1. The Balaban J connectivity index is 1.61. The summed E-state index contributed by atoms with van der Waals surface area (Å²) >= 11 is 0. The van der Waals surface area contributed by atoms with Gasteiger partial charge in [0.25, 0.3) is 0 Å². The van der Waals surface area contributed by atoms with Gasteiger partial charge in [0.2, 0.25) is 5.91 Å². The van der Waals surface area contributed by atoms with E-state index in [0.717, 1.165) is 26.2 Å². The van der Waals surface area contributed by atoms with Gasteiger partial charge in [0.1, 0.15) is 5.82 Å². The zero-order valence-corrected chi connectivity index (χ0v) is 11.7. The molecule has 0 saturated carbocycles. The highest BCUT2D eigenvalue weighted by molar-refractivity contribution is 5.92. The molecule has 1 aromatic carbocycles. The number of piperidine rings is 1. The fourth-order valence-corrected chi connectivity index (χ4v) is 2.38. The average molecular weight is 279 g/mol. The zero-order valence-electron chi connectivity index (χ0n) is 11.7. The third-order valence-corrected chi connectivity index (χ3v) is 3.49. The van der Waals surface area contributed by atoms with Crippen LogP contribution in [0.25, 0.3) is 0 Å². The Bertz CT molecular complexity index is 433. The van der Waals surface area contributed by atoms with Crippen LogP contribution in [-0.4, -0.2) is 43.5 Å². The summed E-state index contributed by atoms with van der Waals surface area (Å²) in [5, 5.41) is 5.65. The Morgan fingerprint density at radius 3 is 2.70 bits per heavy atom. The smallest absolute Gasteiger partial charge is 0.238 e. The molecule has 0 spiro atoms. The molecular weight excluding hydrogens is 257 g/mol. The molecule has 0 bridgehead atoms. The fourth-order valence-electron chi connectivity index (χ4n) is 2.38. The number of hydrogen-bond acceptors (Lipinski definition) is 3. The number of rotatable bonds is 6. The van der Waals surface area contributed by atoms with Crippen LogP contribution in [0.5, 0.6) is 0 Å². The van der Waals surface area contributed by atoms with Gasteiger partial charge < -0.3 is 15.5 Å². The lowest BCUT2D eigenvalue weighted by Gasteiger charge is -2.26. The molecule has 0 atom stereocenters. The number of halogens is 1. The van der Waals surface area contributed by atoms with Crippen LogP contribution in [-0.2, 0) is 4.79 Å². The molecular formula is C15H22FN3O. The summed E-state index contributed by atoms with van der Waals surface area (Å²) in [5.74, 6) is -0.622. The monoisotopic (exact) mass is 279 g/mol. The Morgan fingerprint density at radius 2 is 1.95 bits per heavy atom. The number of nitrogens with one attached hydrogen (secondary N) is 2. The van der Waals surface area contributed by atoms with Crippen molar-refractivity contribution in [3.8, 4) is 0 Å². The second-order valence-corrected chi connectivity index (χ2v) is 5.11. The summed E-state index contributed by atoms with van der Waals surface area (Å²) in [4.78, 5) is 14.1. The summed E-state index contributed by atoms with van der Waals surface area (Å²) in [6.45, 7) is 4.27. The first-order valence-corrected chi connectivity index (χ1v) is 7.23. The van der Waals surface area contributed by atoms with Crippen molar-refractivity contribution in [3.05, 3.63) is 30.1 Å². The number of likely N-dealkylation sites (tertiary alicyclic amines) is 1. The number of carbonyl (C=O) groups excluding carboxylic acids is 1. The second-order valence-electron chi connectivity index (χ2n) is 5.11. The van der Waals surface area contributed by atoms with Crippen molar-refractivity contribution in [2.45, 2.75) is 19.3 Å². The highest BCUT2D eigenvalue weighted by Gasteiger charge is 2.09. The molecule has 20 heavy (non-hydrogen) atoms. The van der Waals surface area contributed by atoms with Crippen molar-refractivity contribution in [2.24, 2.45) is 0 Å². The van der Waals surface area contributed by atoms with E-state index in [1.807, 2.05) is 0 Å². The summed E-state index contributed by atoms with van der Waals surface area (Å²) in [6, 6.07) is 6.19. The van der Waals surface area contributed by atoms with Crippen LogP contribution < -0.4 is 10.6 Å². The molecule has 1 saturated heterocycles. The normalized spacial score (nSPS) is 16.1. The van der Waals surface area contributed by atoms with E-state index in [0.29, 0.717) is 0 Å². The number of hydrogen-bond donors (Lipinski definition) is 2. The molecule has 0 aromatic heterocycles. The second kappa shape index (κ2) is 7.97. The molecule has 5 heteroatoms. The van der Waals surface area contributed by atoms with Crippen molar-refractivity contribution in [1.29, 1.82) is 0 Å². The van der Waals surface area contributed by atoms with Crippen LogP contribution >= 0.6 is 0 Å². The molecule has 4 nitrogen and oxygen atoms in total. The van der Waals surface area contributed by atoms with E-state index < -0.39 is 5.82 Å². The van der Waals surface area contributed by atoms with E-state index in [1.54, 1.807) is 18.2 Å². The summed E-state index contributed by atoms with van der Waals surface area (Å²) in [7, 11) is 0. The first-order valence-electron chi connectivity index (χ1n) is 7.23. The minimum atomic E-state index is -0.408. The number of para-hydroxylation sites is 1. The maximum Gasteiger partial charge on any atom is 0.238 e. The highest BCUT2D eigenvalue weighted by Crippen LogP contribution is 2.11. The third kappa shape index (κ3) is 4.90. The van der Waals surface area contributed by atoms with Crippen molar-refractivity contribution in [2.75, 3.05) is 38.0 Å². The Hall–Kier alpha value is -1.46. The van der Waals surface area contributed by atoms with Crippen molar-refractivity contribution >= 4 is 11.6 Å². The number of amides is 1. The summed E-state index contributed by atoms with van der Waals surface area (Å²) in [6.07, 6.45) is 3.87. The molecule has 1 heterocycles. The minimum Gasteiger partial charge on any atom is -0.322 e. The van der Waals surface area contributed by atoms with Gasteiger partial charge in [-0.15, -0.1) is 0 Å². The van der Waals surface area contributed by atoms with Gasteiger partial charge in [-0.1, -0.05) is 18.6 Å². The largest absolute Gasteiger partial charge is 0.322 e. The molecule has 2 N–H and O–H groups in total. The van der Waals surface area contributed by atoms with Gasteiger partial charge in [0, 0.05) is 13.1 Å². The zero-order chi connectivity index (χ0) is 14.2. The number of anilines is 1. The highest BCUT2D eigenvalue weighted by atomic mass is 19.1. The van der Waals surface area contributed by atoms with Crippen molar-refractivity contribution in [3.63, 3.8) is 0 Å². The average Bonchev–Trinajstić information content (AvgIpc) is 2.47. The first-order chi connectivity index (χ1) is 9.75. The molecule has 0 radical (unpaired) electrons. The van der Waals surface area contributed by atoms with Crippen LogP contribution in [0.1, 0.15) is 19.3 Å². The lowest BCUT2D eigenvalue weighted by Crippen LogP contribution is -2.38. The van der Waals surface area contributed by atoms with Gasteiger partial charge in [-0.3, -0.25) is 4.79 Å². The summed E-state index contributed by atoms with van der Waals surface area (Å²) < 4.78 is 13.3. The van der Waals surface area contributed by atoms with Gasteiger partial charge in [-0.2, -0.15) is 0 Å². The van der Waals surface area contributed by atoms with Crippen molar-refractivity contribution in [1.82, 2.24) is 10.2 Å². The van der Waals surface area contributed by atoms with E-state index in [4.69, 9.17) is 0 Å². The van der Waals surface area contributed by atoms with Crippen LogP contribution in [0.4, 0.5) is 10.1 Å². The number of benzene rings is 1. The molecule has 1 aliphatic rings. The summed E-state index contributed by atoms with van der Waals surface area (Å²) in [5.41, 5.74) is 0.232. The molecule has 0 aliphatic carbocycles. The minimum absolute atomic E-state index is 0.210. The van der Waals surface area contributed by atoms with Gasteiger partial charge >= 0.3 is 0 Å². The topological polar surface area (TPSA) is 44.4 Å². The van der Waals surface area contributed by atoms with Crippen LogP contribution in [0.3, 0.4) is 0 Å². The Labute approximate surface area is 119 Å². The number of nitrogens with zero attached hydrogens (tertiary/aromatic N) is 1. The standard InChI is InChI=1S/C15H22FN3O/c16-13-6-2-3-7-14(13)18-15(20)12-17-8-11-19-9-4-1-5-10-19/h2-3,6-7,17H,1,4-5,8-12H2,(H,18,20). The SMILES string of the molecule is O=C(CNCCN1CCCCC1)Nc1ccccc1F. The maximum atomic E-state index is 13.3. The van der Waals surface area contributed by atoms with Crippen LogP contribution in [0, 0.1) is 5.82 Å². The molecule has 2 rings (SSSR count). The van der Waals surface area contributed by atoms with Crippen LogP contribution in [0.2, 0.25) is 0 Å². The van der Waals surface area contributed by atoms with E-state index in [2.05, 4.69) is 15.5 Å². The molecule has 110 valence electrons. The molecule has 1 amide bonds. The van der Waals surface area contributed by atoms with E-state index >= 15 is 0 Å². The predicted octanol–water partition coefficient (Wildman–Crippen LogP) is 1.84. The Morgan fingerprint density at radius 1 is 1.20 bits per heavy atom. The molecule has 1 aliphatic heterocycles.